The van der Waals surface area contributed by atoms with Crippen LogP contribution in [0.25, 0.3) is 0 Å². The van der Waals surface area contributed by atoms with Gasteiger partial charge in [-0.05, 0) is 17.9 Å². The number of carbonyl (C=O) groups is 1. The first-order chi connectivity index (χ1) is 8.40. The number of anilines is 1. The molecule has 1 fully saturated rings. The van der Waals surface area contributed by atoms with Crippen LogP contribution in [0.1, 0.15) is 24.2 Å². The van der Waals surface area contributed by atoms with E-state index in [2.05, 4.69) is 13.8 Å². The molecule has 1 aromatic rings. The lowest BCUT2D eigenvalue weighted by Gasteiger charge is -2.17. The Balaban J connectivity index is 2.27. The number of carbonyl (C=O) groups excluding carboxylic acids is 1. The van der Waals surface area contributed by atoms with Gasteiger partial charge in [-0.25, -0.2) is 8.78 Å². The van der Waals surface area contributed by atoms with Crippen LogP contribution in [0.2, 0.25) is 0 Å². The maximum Gasteiger partial charge on any atom is 0.256 e. The van der Waals surface area contributed by atoms with Crippen molar-refractivity contribution < 1.29 is 13.6 Å². The van der Waals surface area contributed by atoms with E-state index in [0.717, 1.165) is 12.1 Å². The molecule has 0 bridgehead atoms. The van der Waals surface area contributed by atoms with Crippen molar-refractivity contribution in [3.05, 3.63) is 29.3 Å². The van der Waals surface area contributed by atoms with Gasteiger partial charge < -0.3 is 10.6 Å². The number of nitrogens with two attached hydrogens (primary N) is 1. The third-order valence-electron chi connectivity index (χ3n) is 3.60. The lowest BCUT2D eigenvalue weighted by atomic mass is 10.0. The highest BCUT2D eigenvalue weighted by atomic mass is 19.2. The molecule has 2 N–H and O–H groups in total. The minimum Gasteiger partial charge on any atom is -0.398 e. The number of nitrogen functional groups attached to an aromatic ring is 1. The fraction of sp³-hybridized carbons (Fsp3) is 0.462. The fourth-order valence-corrected chi connectivity index (χ4v) is 2.21. The minimum atomic E-state index is -1.05. The molecular formula is C13H16F2N2O. The lowest BCUT2D eigenvalue weighted by Crippen LogP contribution is -2.29. The second-order valence-corrected chi connectivity index (χ2v) is 5.02. The molecule has 0 aliphatic carbocycles. The second-order valence-electron chi connectivity index (χ2n) is 5.02. The first kappa shape index (κ1) is 12.8. The highest BCUT2D eigenvalue weighted by Crippen LogP contribution is 2.26. The normalized spacial score (nSPS) is 23.4. The van der Waals surface area contributed by atoms with E-state index < -0.39 is 11.6 Å². The molecule has 18 heavy (non-hydrogen) atoms. The molecule has 2 unspecified atom stereocenters. The summed E-state index contributed by atoms with van der Waals surface area (Å²) in [4.78, 5) is 13.8. The van der Waals surface area contributed by atoms with Crippen molar-refractivity contribution in [1.82, 2.24) is 4.90 Å². The summed E-state index contributed by atoms with van der Waals surface area (Å²) in [6.45, 7) is 5.37. The molecule has 0 spiro atoms. The van der Waals surface area contributed by atoms with Gasteiger partial charge in [-0.15, -0.1) is 0 Å². The second kappa shape index (κ2) is 4.55. The summed E-state index contributed by atoms with van der Waals surface area (Å²) in [7, 11) is 0. The van der Waals surface area contributed by atoms with Crippen LogP contribution in [0.15, 0.2) is 12.1 Å². The molecule has 0 radical (unpaired) electrons. The summed E-state index contributed by atoms with van der Waals surface area (Å²) in [6.07, 6.45) is 0. The van der Waals surface area contributed by atoms with Gasteiger partial charge in [0, 0.05) is 24.8 Å². The zero-order valence-electron chi connectivity index (χ0n) is 10.4. The average Bonchev–Trinajstić information content (AvgIpc) is 2.63. The van der Waals surface area contributed by atoms with Crippen molar-refractivity contribution in [3.8, 4) is 0 Å². The van der Waals surface area contributed by atoms with E-state index in [1.54, 1.807) is 4.90 Å². The number of hydrogen-bond acceptors (Lipinski definition) is 2. The van der Waals surface area contributed by atoms with Gasteiger partial charge in [0.15, 0.2) is 11.6 Å². The van der Waals surface area contributed by atoms with Crippen LogP contribution in [-0.4, -0.2) is 23.9 Å². The molecule has 1 amide bonds. The smallest absolute Gasteiger partial charge is 0.256 e. The first-order valence-electron chi connectivity index (χ1n) is 5.94. The van der Waals surface area contributed by atoms with Gasteiger partial charge in [0.25, 0.3) is 5.91 Å². The van der Waals surface area contributed by atoms with Gasteiger partial charge >= 0.3 is 0 Å². The molecule has 1 heterocycles. The molecule has 1 saturated heterocycles. The summed E-state index contributed by atoms with van der Waals surface area (Å²) >= 11 is 0. The minimum absolute atomic E-state index is 0.0221. The average molecular weight is 254 g/mol. The van der Waals surface area contributed by atoms with Crippen molar-refractivity contribution in [2.24, 2.45) is 11.8 Å². The number of nitrogens with zero attached hydrogens (tertiary/aromatic N) is 1. The zero-order chi connectivity index (χ0) is 13.4. The number of hydrogen-bond donors (Lipinski definition) is 1. The summed E-state index contributed by atoms with van der Waals surface area (Å²) < 4.78 is 26.1. The standard InChI is InChI=1S/C13H16F2N2O/c1-7-5-17(6-8(7)2)13(18)9-3-10(14)11(15)4-12(9)16/h3-4,7-8H,5-6,16H2,1-2H3. The van der Waals surface area contributed by atoms with Crippen molar-refractivity contribution in [2.45, 2.75) is 13.8 Å². The summed E-state index contributed by atoms with van der Waals surface area (Å²) in [5.41, 5.74) is 5.59. The molecule has 1 aromatic carbocycles. The van der Waals surface area contributed by atoms with E-state index in [-0.39, 0.29) is 17.2 Å². The number of benzene rings is 1. The van der Waals surface area contributed by atoms with Gasteiger partial charge in [0.1, 0.15) is 0 Å². The van der Waals surface area contributed by atoms with Crippen LogP contribution in [0, 0.1) is 23.5 Å². The Bertz CT molecular complexity index is 480. The van der Waals surface area contributed by atoms with Crippen LogP contribution in [0.3, 0.4) is 0 Å². The zero-order valence-corrected chi connectivity index (χ0v) is 10.4. The molecule has 2 rings (SSSR count). The fourth-order valence-electron chi connectivity index (χ4n) is 2.21. The Hall–Kier alpha value is -1.65. The molecule has 98 valence electrons. The number of amides is 1. The van der Waals surface area contributed by atoms with E-state index in [0.29, 0.717) is 24.9 Å². The van der Waals surface area contributed by atoms with Crippen LogP contribution >= 0.6 is 0 Å². The topological polar surface area (TPSA) is 46.3 Å². The molecule has 0 aromatic heterocycles. The number of likely N-dealkylation sites (tertiary alicyclic amines) is 1. The molecule has 1 aliphatic rings. The summed E-state index contributed by atoms with van der Waals surface area (Å²) in [5.74, 6) is -1.61. The lowest BCUT2D eigenvalue weighted by molar-refractivity contribution is 0.0785. The third kappa shape index (κ3) is 2.17. The van der Waals surface area contributed by atoms with E-state index in [9.17, 15) is 13.6 Å². The van der Waals surface area contributed by atoms with E-state index >= 15 is 0 Å². The molecule has 2 atom stereocenters. The Morgan fingerprint density at radius 3 is 2.28 bits per heavy atom. The van der Waals surface area contributed by atoms with Crippen LogP contribution in [-0.2, 0) is 0 Å². The van der Waals surface area contributed by atoms with E-state index in [4.69, 9.17) is 5.73 Å². The van der Waals surface area contributed by atoms with Crippen LogP contribution in [0.4, 0.5) is 14.5 Å². The molecule has 0 saturated carbocycles. The van der Waals surface area contributed by atoms with Gasteiger partial charge in [0.2, 0.25) is 0 Å². The quantitative estimate of drug-likeness (QED) is 0.781. The number of rotatable bonds is 1. The van der Waals surface area contributed by atoms with E-state index in [1.165, 1.54) is 0 Å². The van der Waals surface area contributed by atoms with Crippen molar-refractivity contribution in [2.75, 3.05) is 18.8 Å². The van der Waals surface area contributed by atoms with Crippen LogP contribution in [0.5, 0.6) is 0 Å². The van der Waals surface area contributed by atoms with E-state index in [1.807, 2.05) is 0 Å². The van der Waals surface area contributed by atoms with Gasteiger partial charge in [-0.3, -0.25) is 4.79 Å². The van der Waals surface area contributed by atoms with Crippen molar-refractivity contribution in [3.63, 3.8) is 0 Å². The Morgan fingerprint density at radius 1 is 1.22 bits per heavy atom. The highest BCUT2D eigenvalue weighted by molar-refractivity contribution is 5.99. The summed E-state index contributed by atoms with van der Waals surface area (Å²) in [5, 5.41) is 0. The van der Waals surface area contributed by atoms with Crippen molar-refractivity contribution >= 4 is 11.6 Å². The Labute approximate surface area is 105 Å². The van der Waals surface area contributed by atoms with Crippen LogP contribution < -0.4 is 5.73 Å². The molecule has 5 heteroatoms. The monoisotopic (exact) mass is 254 g/mol. The first-order valence-corrected chi connectivity index (χ1v) is 5.94. The maximum atomic E-state index is 13.2. The SMILES string of the molecule is CC1CN(C(=O)c2cc(F)c(F)cc2N)CC1C. The Morgan fingerprint density at radius 2 is 1.72 bits per heavy atom. The molecule has 1 aliphatic heterocycles. The highest BCUT2D eigenvalue weighted by Gasteiger charge is 2.31. The Kier molecular flexibility index (Phi) is 3.24. The van der Waals surface area contributed by atoms with Gasteiger partial charge in [0.05, 0.1) is 5.56 Å². The van der Waals surface area contributed by atoms with Crippen molar-refractivity contribution in [1.29, 1.82) is 0 Å². The largest absolute Gasteiger partial charge is 0.398 e. The predicted octanol–water partition coefficient (Wildman–Crippen LogP) is 2.28. The molecule has 3 nitrogen and oxygen atoms in total. The third-order valence-corrected chi connectivity index (χ3v) is 3.60. The predicted molar refractivity (Wildman–Crippen MR) is 65.0 cm³/mol. The maximum absolute atomic E-state index is 13.2. The summed E-state index contributed by atoms with van der Waals surface area (Å²) in [6, 6.07) is 1.73. The van der Waals surface area contributed by atoms with Gasteiger partial charge in [-0.2, -0.15) is 0 Å². The van der Waals surface area contributed by atoms with Gasteiger partial charge in [-0.1, -0.05) is 13.8 Å². The number of halogens is 2. The molecular weight excluding hydrogens is 238 g/mol.